The van der Waals surface area contributed by atoms with Crippen molar-refractivity contribution in [3.8, 4) is 11.5 Å². The molecule has 6 aromatic rings. The number of hydrogen-bond acceptors (Lipinski definition) is 7. The number of phenolic OH excluding ortho intramolecular Hbond substituents is 2. The topological polar surface area (TPSA) is 102 Å². The predicted molar refractivity (Wildman–Crippen MR) is 165 cm³/mol. The van der Waals surface area contributed by atoms with Crippen LogP contribution in [0.15, 0.2) is 130 Å². The van der Waals surface area contributed by atoms with E-state index in [-0.39, 0.29) is 34.3 Å². The molecule has 0 saturated heterocycles. The van der Waals surface area contributed by atoms with Crippen molar-refractivity contribution in [1.82, 2.24) is 0 Å². The molecule has 8 heteroatoms. The minimum absolute atomic E-state index is 0. The van der Waals surface area contributed by atoms with Crippen molar-refractivity contribution >= 4 is 55.7 Å². The van der Waals surface area contributed by atoms with Gasteiger partial charge in [-0.15, -0.1) is 10.2 Å². The van der Waals surface area contributed by atoms with Gasteiger partial charge in [-0.2, -0.15) is 10.2 Å². The number of phenols is 2. The van der Waals surface area contributed by atoms with Gasteiger partial charge in [0.1, 0.15) is 17.1 Å². The minimum Gasteiger partial charge on any atom is -0.506 e. The molecule has 6 rings (SSSR count). The number of benzene rings is 6. The van der Waals surface area contributed by atoms with Crippen molar-refractivity contribution in [3.05, 3.63) is 120 Å². The maximum Gasteiger partial charge on any atom is 0.151 e. The molecule has 0 aliphatic carbocycles. The Hall–Kier alpha value is -5.04. The SMILES string of the molecule is Cc1ccc2cc(N=Nc3ccc(N=Nc4c(C)cc5cc(Nc6ccccc6)ccc5c4O)c(O)c3)ccc2c1.[Cu]. The molecule has 0 amide bonds. The molecule has 1 radical (unpaired) electrons. The maximum atomic E-state index is 11.0. The zero-order valence-electron chi connectivity index (χ0n) is 22.9. The van der Waals surface area contributed by atoms with Crippen LogP contribution >= 0.6 is 0 Å². The summed E-state index contributed by atoms with van der Waals surface area (Å²) in [4.78, 5) is 0. The van der Waals surface area contributed by atoms with Gasteiger partial charge in [-0.1, -0.05) is 48.0 Å². The fraction of sp³-hybridized carbons (Fsp3) is 0.0588. The second-order valence-corrected chi connectivity index (χ2v) is 9.93. The Balaban J connectivity index is 0.00000353. The molecule has 0 aliphatic heterocycles. The van der Waals surface area contributed by atoms with Gasteiger partial charge in [0.2, 0.25) is 0 Å². The smallest absolute Gasteiger partial charge is 0.151 e. The number of nitrogens with one attached hydrogen (secondary N) is 1. The summed E-state index contributed by atoms with van der Waals surface area (Å²) in [5, 5.41) is 45.8. The summed E-state index contributed by atoms with van der Waals surface area (Å²) in [7, 11) is 0. The van der Waals surface area contributed by atoms with Crippen LogP contribution in [0.5, 0.6) is 11.5 Å². The molecule has 42 heavy (non-hydrogen) atoms. The van der Waals surface area contributed by atoms with Crippen LogP contribution in [0, 0.1) is 13.8 Å². The number of anilines is 2. The van der Waals surface area contributed by atoms with Gasteiger partial charge in [0.25, 0.3) is 0 Å². The number of aromatic hydroxyl groups is 2. The van der Waals surface area contributed by atoms with E-state index in [1.54, 1.807) is 12.1 Å². The number of aryl methyl sites for hydroxylation is 2. The van der Waals surface area contributed by atoms with Crippen LogP contribution < -0.4 is 5.32 Å². The summed E-state index contributed by atoms with van der Waals surface area (Å²) in [5.74, 6) is -0.0563. The summed E-state index contributed by atoms with van der Waals surface area (Å²) in [6.07, 6.45) is 0. The monoisotopic (exact) mass is 600 g/mol. The molecule has 0 atom stereocenters. The van der Waals surface area contributed by atoms with Crippen LogP contribution in [0.1, 0.15) is 11.1 Å². The average molecular weight is 601 g/mol. The number of rotatable bonds is 6. The van der Waals surface area contributed by atoms with Crippen molar-refractivity contribution in [2.75, 3.05) is 5.32 Å². The Morgan fingerprint density at radius 1 is 0.571 bits per heavy atom. The van der Waals surface area contributed by atoms with Crippen molar-refractivity contribution in [1.29, 1.82) is 0 Å². The average Bonchev–Trinajstić information content (AvgIpc) is 2.97. The first-order valence-corrected chi connectivity index (χ1v) is 13.2. The molecule has 211 valence electrons. The van der Waals surface area contributed by atoms with Crippen LogP contribution in [-0.2, 0) is 17.1 Å². The predicted octanol–water partition coefficient (Wildman–Crippen LogP) is 10.6. The first-order chi connectivity index (χ1) is 19.9. The first-order valence-electron chi connectivity index (χ1n) is 13.2. The van der Waals surface area contributed by atoms with Crippen molar-refractivity contribution < 1.29 is 27.3 Å². The largest absolute Gasteiger partial charge is 0.506 e. The molecule has 3 N–H and O–H groups in total. The third-order valence-electron chi connectivity index (χ3n) is 6.82. The van der Waals surface area contributed by atoms with Crippen LogP contribution in [-0.4, -0.2) is 10.2 Å². The molecule has 6 aromatic carbocycles. The summed E-state index contributed by atoms with van der Waals surface area (Å²) in [5.41, 5.74) is 5.65. The van der Waals surface area contributed by atoms with Gasteiger partial charge >= 0.3 is 0 Å². The fourth-order valence-electron chi connectivity index (χ4n) is 4.70. The molecule has 0 fully saturated rings. The molecule has 7 nitrogen and oxygen atoms in total. The van der Waals surface area contributed by atoms with Gasteiger partial charge in [-0.05, 0) is 96.2 Å². The number of nitrogens with zero attached hydrogens (tertiary/aromatic N) is 4. The van der Waals surface area contributed by atoms with Crippen LogP contribution in [0.25, 0.3) is 21.5 Å². The Bertz CT molecular complexity index is 1970. The molecule has 0 unspecified atom stereocenters. The van der Waals surface area contributed by atoms with E-state index < -0.39 is 0 Å². The zero-order valence-corrected chi connectivity index (χ0v) is 23.8. The van der Waals surface area contributed by atoms with E-state index in [9.17, 15) is 10.2 Å². The van der Waals surface area contributed by atoms with E-state index in [2.05, 4.69) is 50.9 Å². The zero-order chi connectivity index (χ0) is 28.3. The third kappa shape index (κ3) is 6.15. The number of para-hydroxylation sites is 1. The molecule has 0 spiro atoms. The minimum atomic E-state index is -0.0891. The third-order valence-corrected chi connectivity index (χ3v) is 6.82. The maximum absolute atomic E-state index is 11.0. The fourth-order valence-corrected chi connectivity index (χ4v) is 4.70. The molecular formula is C34H27CuN5O2. The molecule has 0 aromatic heterocycles. The Labute approximate surface area is 253 Å². The van der Waals surface area contributed by atoms with Gasteiger partial charge in [-0.25, -0.2) is 0 Å². The normalized spacial score (nSPS) is 11.4. The van der Waals surface area contributed by atoms with Gasteiger partial charge in [0, 0.05) is 39.9 Å². The van der Waals surface area contributed by atoms with E-state index >= 15 is 0 Å². The Morgan fingerprint density at radius 3 is 2.07 bits per heavy atom. The molecule has 0 heterocycles. The molecular weight excluding hydrogens is 574 g/mol. The second kappa shape index (κ2) is 12.2. The quantitative estimate of drug-likeness (QED) is 0.131. The van der Waals surface area contributed by atoms with Crippen LogP contribution in [0.2, 0.25) is 0 Å². The Kier molecular flexibility index (Phi) is 8.29. The molecule has 0 bridgehead atoms. The second-order valence-electron chi connectivity index (χ2n) is 9.93. The standard InChI is InChI=1S/C34H27N5O2.Cu/c1-21-8-9-24-18-28(11-10-23(24)16-21)36-37-29-13-15-31(32(40)20-29)38-39-33-22(2)17-25-19-27(12-14-30(25)34(33)41)35-26-6-4-3-5-7-26;/h3-20,35,40-41H,1-2H3;. The van der Waals surface area contributed by atoms with Gasteiger partial charge in [0.15, 0.2) is 5.75 Å². The van der Waals surface area contributed by atoms with Gasteiger partial charge in [-0.3, -0.25) is 0 Å². The first kappa shape index (κ1) is 28.5. The van der Waals surface area contributed by atoms with Gasteiger partial charge in [0.05, 0.1) is 11.4 Å². The number of fused-ring (bicyclic) bond motifs is 2. The van der Waals surface area contributed by atoms with E-state index in [1.165, 1.54) is 11.6 Å². The summed E-state index contributed by atoms with van der Waals surface area (Å²) in [6.45, 7) is 3.93. The van der Waals surface area contributed by atoms with Crippen LogP contribution in [0.3, 0.4) is 0 Å². The number of azo groups is 2. The van der Waals surface area contributed by atoms with Crippen molar-refractivity contribution in [2.24, 2.45) is 20.5 Å². The van der Waals surface area contributed by atoms with Crippen molar-refractivity contribution in [2.45, 2.75) is 13.8 Å². The molecule has 0 saturated carbocycles. The molecule has 0 aliphatic rings. The van der Waals surface area contributed by atoms with E-state index in [0.717, 1.165) is 38.8 Å². The summed E-state index contributed by atoms with van der Waals surface area (Å²) < 4.78 is 0. The summed E-state index contributed by atoms with van der Waals surface area (Å²) in [6, 6.07) is 34.5. The van der Waals surface area contributed by atoms with E-state index in [4.69, 9.17) is 0 Å². The van der Waals surface area contributed by atoms with E-state index in [0.29, 0.717) is 16.8 Å². The Morgan fingerprint density at radius 2 is 1.29 bits per heavy atom. The van der Waals surface area contributed by atoms with E-state index in [1.807, 2.05) is 79.7 Å². The van der Waals surface area contributed by atoms with Crippen LogP contribution in [0.4, 0.5) is 34.1 Å². The van der Waals surface area contributed by atoms with Crippen molar-refractivity contribution in [3.63, 3.8) is 0 Å². The van der Waals surface area contributed by atoms with Gasteiger partial charge < -0.3 is 15.5 Å². The number of hydrogen-bond donors (Lipinski definition) is 3. The summed E-state index contributed by atoms with van der Waals surface area (Å²) >= 11 is 0.